The molecule has 6 nitrogen and oxygen atoms in total. The first-order valence-corrected chi connectivity index (χ1v) is 9.97. The minimum absolute atomic E-state index is 0.626. The molecule has 0 spiro atoms. The molecule has 0 unspecified atom stereocenters. The Hall–Kier alpha value is -2.76. The fraction of sp³-hybridized carbons (Fsp3) is 0.455. The zero-order chi connectivity index (χ0) is 20.0. The summed E-state index contributed by atoms with van der Waals surface area (Å²) in [5.74, 6) is 2.43. The number of ether oxygens (including phenoxy) is 2. The second-order valence-electron chi connectivity index (χ2n) is 6.32. The largest absolute Gasteiger partial charge is 0.493 e. The first kappa shape index (κ1) is 21.5. The van der Waals surface area contributed by atoms with Gasteiger partial charge in [-0.25, -0.2) is 0 Å². The molecule has 2 N–H and O–H groups in total. The minimum Gasteiger partial charge on any atom is -0.493 e. The minimum atomic E-state index is 0.626. The van der Waals surface area contributed by atoms with E-state index in [1.807, 2.05) is 25.3 Å². The molecule has 0 aliphatic rings. The molecule has 2 aromatic rings. The van der Waals surface area contributed by atoms with Crippen LogP contribution in [0.2, 0.25) is 0 Å². The summed E-state index contributed by atoms with van der Waals surface area (Å²) in [5.41, 5.74) is 2.45. The number of aromatic nitrogens is 1. The van der Waals surface area contributed by atoms with Crippen molar-refractivity contribution in [2.24, 2.45) is 4.99 Å². The molecular weight excluding hydrogens is 352 g/mol. The molecule has 0 amide bonds. The highest BCUT2D eigenvalue weighted by atomic mass is 16.5. The van der Waals surface area contributed by atoms with Crippen molar-refractivity contribution in [2.75, 3.05) is 33.4 Å². The Balaban J connectivity index is 1.80. The van der Waals surface area contributed by atoms with Gasteiger partial charge in [0, 0.05) is 32.0 Å². The lowest BCUT2D eigenvalue weighted by molar-refractivity contribution is 0.310. The molecule has 152 valence electrons. The van der Waals surface area contributed by atoms with Crippen LogP contribution in [-0.4, -0.2) is 44.3 Å². The quantitative estimate of drug-likeness (QED) is 0.354. The first-order chi connectivity index (χ1) is 13.8. The van der Waals surface area contributed by atoms with Gasteiger partial charge in [-0.3, -0.25) is 9.98 Å². The zero-order valence-corrected chi connectivity index (χ0v) is 17.2. The summed E-state index contributed by atoms with van der Waals surface area (Å²) in [7, 11) is 1.66. The Bertz CT molecular complexity index is 720. The van der Waals surface area contributed by atoms with E-state index in [0.717, 1.165) is 56.4 Å². The molecule has 0 radical (unpaired) electrons. The third kappa shape index (κ3) is 7.47. The van der Waals surface area contributed by atoms with E-state index >= 15 is 0 Å². The number of aliphatic imine (C=N–C) groups is 1. The van der Waals surface area contributed by atoms with Crippen LogP contribution in [0.25, 0.3) is 0 Å². The highest BCUT2D eigenvalue weighted by Crippen LogP contribution is 2.28. The van der Waals surface area contributed by atoms with Crippen LogP contribution < -0.4 is 20.1 Å². The van der Waals surface area contributed by atoms with Crippen LogP contribution in [-0.2, 0) is 12.8 Å². The Morgan fingerprint density at radius 3 is 2.68 bits per heavy atom. The van der Waals surface area contributed by atoms with Crippen LogP contribution in [0.3, 0.4) is 0 Å². The third-order valence-corrected chi connectivity index (χ3v) is 4.19. The monoisotopic (exact) mass is 384 g/mol. The van der Waals surface area contributed by atoms with E-state index < -0.39 is 0 Å². The molecule has 1 aromatic carbocycles. The summed E-state index contributed by atoms with van der Waals surface area (Å²) in [6.07, 6.45) is 6.53. The van der Waals surface area contributed by atoms with Gasteiger partial charge in [-0.15, -0.1) is 0 Å². The Labute approximate surface area is 168 Å². The van der Waals surface area contributed by atoms with Crippen molar-refractivity contribution in [3.05, 3.63) is 53.9 Å². The van der Waals surface area contributed by atoms with Crippen molar-refractivity contribution in [1.82, 2.24) is 15.6 Å². The van der Waals surface area contributed by atoms with Crippen LogP contribution >= 0.6 is 0 Å². The molecule has 0 bridgehead atoms. The summed E-state index contributed by atoms with van der Waals surface area (Å²) in [6.45, 7) is 7.11. The molecule has 0 atom stereocenters. The van der Waals surface area contributed by atoms with Crippen molar-refractivity contribution in [3.8, 4) is 11.5 Å². The summed E-state index contributed by atoms with van der Waals surface area (Å²) in [4.78, 5) is 8.82. The van der Waals surface area contributed by atoms with E-state index in [-0.39, 0.29) is 0 Å². The number of nitrogens with one attached hydrogen (secondary N) is 2. The summed E-state index contributed by atoms with van der Waals surface area (Å²) < 4.78 is 11.0. The average Bonchev–Trinajstić information content (AvgIpc) is 2.72. The van der Waals surface area contributed by atoms with Gasteiger partial charge in [0.1, 0.15) is 0 Å². The van der Waals surface area contributed by atoms with Crippen molar-refractivity contribution in [3.63, 3.8) is 0 Å². The van der Waals surface area contributed by atoms with Gasteiger partial charge in [0.25, 0.3) is 0 Å². The van der Waals surface area contributed by atoms with Gasteiger partial charge in [-0.2, -0.15) is 0 Å². The van der Waals surface area contributed by atoms with Gasteiger partial charge in [0.05, 0.1) is 13.7 Å². The first-order valence-electron chi connectivity index (χ1n) is 9.97. The Morgan fingerprint density at radius 2 is 1.96 bits per heavy atom. The molecule has 0 fully saturated rings. The third-order valence-electron chi connectivity index (χ3n) is 4.19. The topological polar surface area (TPSA) is 67.8 Å². The number of benzene rings is 1. The molecule has 1 aromatic heterocycles. The molecule has 0 aliphatic carbocycles. The number of hydrogen-bond acceptors (Lipinski definition) is 4. The normalized spacial score (nSPS) is 11.2. The van der Waals surface area contributed by atoms with Gasteiger partial charge >= 0.3 is 0 Å². The second-order valence-corrected chi connectivity index (χ2v) is 6.32. The number of nitrogens with zero attached hydrogens (tertiary/aromatic N) is 2. The van der Waals surface area contributed by atoms with Gasteiger partial charge < -0.3 is 20.1 Å². The second kappa shape index (κ2) is 12.6. The van der Waals surface area contributed by atoms with Gasteiger partial charge in [-0.05, 0) is 62.4 Å². The Morgan fingerprint density at radius 1 is 1.07 bits per heavy atom. The summed E-state index contributed by atoms with van der Waals surface area (Å²) >= 11 is 0. The highest BCUT2D eigenvalue weighted by molar-refractivity contribution is 5.79. The van der Waals surface area contributed by atoms with E-state index in [1.165, 1.54) is 11.1 Å². The molecule has 6 heteroatoms. The van der Waals surface area contributed by atoms with Crippen molar-refractivity contribution < 1.29 is 9.47 Å². The summed E-state index contributed by atoms with van der Waals surface area (Å²) in [6, 6.07) is 10.2. The SMILES string of the molecule is CCNC(=NCCCc1ccc(OC)c(OCC)c1)NCCc1cccnc1. The number of aryl methyl sites for hydroxylation is 1. The van der Waals surface area contributed by atoms with E-state index in [4.69, 9.17) is 9.47 Å². The molecule has 0 aliphatic heterocycles. The van der Waals surface area contributed by atoms with Gasteiger partial charge in [0.15, 0.2) is 17.5 Å². The predicted molar refractivity (Wildman–Crippen MR) is 114 cm³/mol. The van der Waals surface area contributed by atoms with Crippen molar-refractivity contribution in [2.45, 2.75) is 33.1 Å². The summed E-state index contributed by atoms with van der Waals surface area (Å²) in [5, 5.41) is 6.68. The number of hydrogen-bond donors (Lipinski definition) is 2. The molecule has 28 heavy (non-hydrogen) atoms. The fourth-order valence-corrected chi connectivity index (χ4v) is 2.83. The number of methoxy groups -OCH3 is 1. The van der Waals surface area contributed by atoms with Gasteiger partial charge in [-0.1, -0.05) is 12.1 Å². The molecule has 0 saturated heterocycles. The zero-order valence-electron chi connectivity index (χ0n) is 17.2. The van der Waals surface area contributed by atoms with Crippen LogP contribution in [0.1, 0.15) is 31.4 Å². The standard InChI is InChI=1S/C22H32N4O2/c1-4-24-22(26-15-12-19-9-6-13-23-17-19)25-14-7-8-18-10-11-20(27-3)21(16-18)28-5-2/h6,9-11,13,16-17H,4-5,7-8,12,14-15H2,1-3H3,(H2,24,25,26). The average molecular weight is 385 g/mol. The van der Waals surface area contributed by atoms with E-state index in [0.29, 0.717) is 6.61 Å². The number of rotatable bonds is 11. The van der Waals surface area contributed by atoms with Crippen LogP contribution in [0.4, 0.5) is 0 Å². The highest BCUT2D eigenvalue weighted by Gasteiger charge is 2.05. The van der Waals surface area contributed by atoms with Crippen LogP contribution in [0, 0.1) is 0 Å². The Kier molecular flexibility index (Phi) is 9.69. The lowest BCUT2D eigenvalue weighted by Crippen LogP contribution is -2.38. The van der Waals surface area contributed by atoms with E-state index in [1.54, 1.807) is 13.3 Å². The van der Waals surface area contributed by atoms with Crippen LogP contribution in [0.5, 0.6) is 11.5 Å². The smallest absolute Gasteiger partial charge is 0.191 e. The number of guanidine groups is 1. The van der Waals surface area contributed by atoms with Gasteiger partial charge in [0.2, 0.25) is 0 Å². The van der Waals surface area contributed by atoms with Crippen molar-refractivity contribution >= 4 is 5.96 Å². The van der Waals surface area contributed by atoms with E-state index in [2.05, 4.69) is 45.7 Å². The van der Waals surface area contributed by atoms with E-state index in [9.17, 15) is 0 Å². The molecular formula is C22H32N4O2. The maximum absolute atomic E-state index is 5.65. The van der Waals surface area contributed by atoms with Crippen LogP contribution in [0.15, 0.2) is 47.7 Å². The molecule has 1 heterocycles. The van der Waals surface area contributed by atoms with Crippen molar-refractivity contribution in [1.29, 1.82) is 0 Å². The number of pyridine rings is 1. The lowest BCUT2D eigenvalue weighted by Gasteiger charge is -2.12. The predicted octanol–water partition coefficient (Wildman–Crippen LogP) is 3.22. The lowest BCUT2D eigenvalue weighted by atomic mass is 10.1. The maximum atomic E-state index is 5.65. The molecule has 0 saturated carbocycles. The molecule has 2 rings (SSSR count). The maximum Gasteiger partial charge on any atom is 0.191 e. The fourth-order valence-electron chi connectivity index (χ4n) is 2.83.